The predicted molar refractivity (Wildman–Crippen MR) is 126 cm³/mol. The van der Waals surface area contributed by atoms with Gasteiger partial charge in [0.05, 0.1) is 18.2 Å². The van der Waals surface area contributed by atoms with Gasteiger partial charge in [0.2, 0.25) is 17.8 Å². The van der Waals surface area contributed by atoms with Crippen LogP contribution in [0.15, 0.2) is 54.7 Å². The minimum Gasteiger partial charge on any atom is -0.425 e. The molecule has 10 nitrogen and oxygen atoms in total. The fraction of sp³-hybridized carbons (Fsp3) is 0.174. The van der Waals surface area contributed by atoms with Gasteiger partial charge in [-0.1, -0.05) is 30.3 Å². The SMILES string of the molecule is CC(=N)OC(=N)c1cnc(Nc2ccc(C(N)=O)c(C)c2)nc1N[C@H](CO)c1ccccc1. The van der Waals surface area contributed by atoms with Gasteiger partial charge in [-0.15, -0.1) is 0 Å². The summed E-state index contributed by atoms with van der Waals surface area (Å²) in [6.45, 7) is 2.96. The third-order valence-corrected chi connectivity index (χ3v) is 4.73. The Bertz CT molecular complexity index is 1180. The van der Waals surface area contributed by atoms with Crippen LogP contribution in [-0.2, 0) is 4.74 Å². The van der Waals surface area contributed by atoms with Crippen molar-refractivity contribution in [2.75, 3.05) is 17.2 Å². The highest BCUT2D eigenvalue weighted by atomic mass is 16.5. The number of amides is 1. The van der Waals surface area contributed by atoms with Crippen LogP contribution in [0, 0.1) is 17.7 Å². The lowest BCUT2D eigenvalue weighted by molar-refractivity contribution is 0.0999. The summed E-state index contributed by atoms with van der Waals surface area (Å²) in [4.78, 5) is 20.2. The fourth-order valence-electron chi connectivity index (χ4n) is 3.16. The van der Waals surface area contributed by atoms with Gasteiger partial charge in [-0.3, -0.25) is 15.6 Å². The highest BCUT2D eigenvalue weighted by molar-refractivity contribution is 6.02. The number of hydrogen-bond acceptors (Lipinski definition) is 9. The Kier molecular flexibility index (Phi) is 7.31. The maximum atomic E-state index is 11.5. The predicted octanol–water partition coefficient (Wildman–Crippen LogP) is 3.11. The van der Waals surface area contributed by atoms with E-state index in [0.29, 0.717) is 16.8 Å². The van der Waals surface area contributed by atoms with Gasteiger partial charge in [-0.25, -0.2) is 4.98 Å². The molecule has 1 atom stereocenters. The summed E-state index contributed by atoms with van der Waals surface area (Å²) in [5, 5.41) is 31.8. The van der Waals surface area contributed by atoms with Crippen molar-refractivity contribution in [3.05, 3.63) is 77.0 Å². The molecule has 33 heavy (non-hydrogen) atoms. The lowest BCUT2D eigenvalue weighted by Gasteiger charge is -2.20. The Morgan fingerprint density at radius 1 is 1.18 bits per heavy atom. The van der Waals surface area contributed by atoms with E-state index in [9.17, 15) is 9.90 Å². The molecule has 1 amide bonds. The molecule has 0 spiro atoms. The van der Waals surface area contributed by atoms with Crippen LogP contribution >= 0.6 is 0 Å². The zero-order valence-electron chi connectivity index (χ0n) is 18.2. The third kappa shape index (κ3) is 5.89. The second-order valence-corrected chi connectivity index (χ2v) is 7.25. The number of anilines is 3. The van der Waals surface area contributed by atoms with Gasteiger partial charge in [0, 0.05) is 24.4 Å². The van der Waals surface area contributed by atoms with Crippen LogP contribution in [0.5, 0.6) is 0 Å². The molecule has 0 radical (unpaired) electrons. The first kappa shape index (κ1) is 23.4. The second-order valence-electron chi connectivity index (χ2n) is 7.25. The number of aliphatic hydroxyl groups is 1. The van der Waals surface area contributed by atoms with Crippen molar-refractivity contribution in [2.45, 2.75) is 19.9 Å². The quantitative estimate of drug-likeness (QED) is 0.227. The molecule has 10 heteroatoms. The Balaban J connectivity index is 1.95. The number of rotatable bonds is 8. The smallest absolute Gasteiger partial charge is 0.248 e. The Morgan fingerprint density at radius 3 is 2.52 bits per heavy atom. The van der Waals surface area contributed by atoms with E-state index >= 15 is 0 Å². The van der Waals surface area contributed by atoms with Gasteiger partial charge in [0.15, 0.2) is 5.90 Å². The van der Waals surface area contributed by atoms with Crippen molar-refractivity contribution >= 4 is 35.2 Å². The first-order valence-electron chi connectivity index (χ1n) is 10.1. The molecule has 3 aromatic rings. The summed E-state index contributed by atoms with van der Waals surface area (Å²) in [5.74, 6) is -0.506. The fourth-order valence-corrected chi connectivity index (χ4v) is 3.16. The summed E-state index contributed by atoms with van der Waals surface area (Å²) < 4.78 is 5.13. The topological polar surface area (TPSA) is 170 Å². The second kappa shape index (κ2) is 10.3. The van der Waals surface area contributed by atoms with E-state index in [-0.39, 0.29) is 35.7 Å². The number of hydrogen-bond donors (Lipinski definition) is 6. The van der Waals surface area contributed by atoms with E-state index in [1.165, 1.54) is 13.1 Å². The Morgan fingerprint density at radius 2 is 1.91 bits per heavy atom. The summed E-state index contributed by atoms with van der Waals surface area (Å²) in [5.41, 5.74) is 8.17. The maximum Gasteiger partial charge on any atom is 0.248 e. The van der Waals surface area contributed by atoms with Crippen molar-refractivity contribution in [1.82, 2.24) is 9.97 Å². The zero-order valence-corrected chi connectivity index (χ0v) is 18.2. The van der Waals surface area contributed by atoms with Crippen molar-refractivity contribution in [1.29, 1.82) is 10.8 Å². The number of benzene rings is 2. The summed E-state index contributed by atoms with van der Waals surface area (Å²) in [6.07, 6.45) is 1.40. The summed E-state index contributed by atoms with van der Waals surface area (Å²) in [6, 6.07) is 13.8. The number of aliphatic hydroxyl groups excluding tert-OH is 1. The van der Waals surface area contributed by atoms with Crippen LogP contribution in [0.2, 0.25) is 0 Å². The molecule has 3 rings (SSSR count). The highest BCUT2D eigenvalue weighted by Gasteiger charge is 2.19. The number of ether oxygens (including phenoxy) is 1. The largest absolute Gasteiger partial charge is 0.425 e. The molecule has 0 aliphatic rings. The van der Waals surface area contributed by atoms with Gasteiger partial charge in [0.25, 0.3) is 0 Å². The number of nitrogens with zero attached hydrogens (tertiary/aromatic N) is 2. The molecule has 170 valence electrons. The molecule has 0 saturated carbocycles. The number of primary amides is 1. The average Bonchev–Trinajstić information content (AvgIpc) is 2.77. The summed E-state index contributed by atoms with van der Waals surface area (Å²) >= 11 is 0. The van der Waals surface area contributed by atoms with Gasteiger partial charge in [-0.2, -0.15) is 4.98 Å². The molecule has 1 aromatic heterocycles. The van der Waals surface area contributed by atoms with E-state index < -0.39 is 11.9 Å². The molecule has 0 fully saturated rings. The molecule has 0 unspecified atom stereocenters. The average molecular weight is 447 g/mol. The zero-order chi connectivity index (χ0) is 24.0. The first-order chi connectivity index (χ1) is 15.8. The van der Waals surface area contributed by atoms with E-state index in [1.807, 2.05) is 30.3 Å². The molecule has 0 aliphatic carbocycles. The lowest BCUT2D eigenvalue weighted by atomic mass is 10.1. The van der Waals surface area contributed by atoms with E-state index in [2.05, 4.69) is 20.6 Å². The van der Waals surface area contributed by atoms with Crippen molar-refractivity contribution in [3.8, 4) is 0 Å². The molecule has 7 N–H and O–H groups in total. The minimum absolute atomic E-state index is 0.153. The standard InChI is InChI=1S/C23H25N7O3/c1-13-10-16(8-9-17(13)20(25)32)28-23-27-11-18(21(26)33-14(2)24)22(30-23)29-19(12-31)15-6-4-3-5-7-15/h3-11,19,24,26,31H,12H2,1-2H3,(H2,25,32)(H2,27,28,29,30)/t19-/m1/s1. The molecule has 1 heterocycles. The summed E-state index contributed by atoms with van der Waals surface area (Å²) in [7, 11) is 0. The number of nitrogens with one attached hydrogen (secondary N) is 4. The lowest BCUT2D eigenvalue weighted by Crippen LogP contribution is -2.20. The van der Waals surface area contributed by atoms with Gasteiger partial charge >= 0.3 is 0 Å². The van der Waals surface area contributed by atoms with Gasteiger partial charge < -0.3 is 26.2 Å². The molecular weight excluding hydrogens is 422 g/mol. The maximum absolute atomic E-state index is 11.5. The third-order valence-electron chi connectivity index (χ3n) is 4.73. The molecule has 0 saturated heterocycles. The molecular formula is C23H25N7O3. The number of aromatic nitrogens is 2. The van der Waals surface area contributed by atoms with Crippen LogP contribution in [0.25, 0.3) is 0 Å². The van der Waals surface area contributed by atoms with Gasteiger partial charge in [-0.05, 0) is 36.2 Å². The van der Waals surface area contributed by atoms with Crippen LogP contribution in [-0.4, -0.2) is 39.4 Å². The number of carbonyl (C=O) groups is 1. The van der Waals surface area contributed by atoms with Crippen molar-refractivity contribution < 1.29 is 14.6 Å². The van der Waals surface area contributed by atoms with Gasteiger partial charge in [0.1, 0.15) is 5.82 Å². The molecule has 2 aromatic carbocycles. The number of aryl methyl sites for hydroxylation is 1. The van der Waals surface area contributed by atoms with E-state index in [1.54, 1.807) is 25.1 Å². The Hall–Kier alpha value is -4.31. The minimum atomic E-state index is -0.512. The van der Waals surface area contributed by atoms with Crippen LogP contribution in [0.3, 0.4) is 0 Å². The van der Waals surface area contributed by atoms with Crippen LogP contribution < -0.4 is 16.4 Å². The molecule has 0 bridgehead atoms. The van der Waals surface area contributed by atoms with E-state index in [0.717, 1.165) is 5.56 Å². The molecule has 0 aliphatic heterocycles. The first-order valence-corrected chi connectivity index (χ1v) is 10.1. The van der Waals surface area contributed by atoms with Crippen molar-refractivity contribution in [2.24, 2.45) is 5.73 Å². The number of carbonyl (C=O) groups excluding carboxylic acids is 1. The van der Waals surface area contributed by atoms with Crippen LogP contribution in [0.4, 0.5) is 17.5 Å². The van der Waals surface area contributed by atoms with E-state index in [4.69, 9.17) is 21.3 Å². The monoisotopic (exact) mass is 447 g/mol. The van der Waals surface area contributed by atoms with Crippen LogP contribution in [0.1, 0.15) is 40.0 Å². The Labute approximate surface area is 190 Å². The number of nitrogens with two attached hydrogens (primary N) is 1. The highest BCUT2D eigenvalue weighted by Crippen LogP contribution is 2.24. The normalized spacial score (nSPS) is 11.4. The van der Waals surface area contributed by atoms with Crippen molar-refractivity contribution in [3.63, 3.8) is 0 Å².